The zero-order chi connectivity index (χ0) is 26.4. The van der Waals surface area contributed by atoms with Crippen molar-refractivity contribution in [3.05, 3.63) is 75.3 Å². The van der Waals surface area contributed by atoms with Crippen LogP contribution in [0.5, 0.6) is 11.5 Å². The topological polar surface area (TPSA) is 115 Å². The van der Waals surface area contributed by atoms with E-state index in [1.807, 2.05) is 6.92 Å². The van der Waals surface area contributed by atoms with Gasteiger partial charge in [-0.05, 0) is 55.3 Å². The molecule has 2 atom stereocenters. The van der Waals surface area contributed by atoms with Gasteiger partial charge in [0.05, 0.1) is 31.5 Å². The number of thiazole rings is 1. The molecule has 0 unspecified atom stereocenters. The van der Waals surface area contributed by atoms with Crippen molar-refractivity contribution in [1.82, 2.24) is 4.98 Å². The van der Waals surface area contributed by atoms with Crippen molar-refractivity contribution in [2.24, 2.45) is 0 Å². The second kappa shape index (κ2) is 9.36. The third-order valence-corrected chi connectivity index (χ3v) is 7.54. The molecule has 0 aliphatic carbocycles. The second-order valence-electron chi connectivity index (χ2n) is 8.80. The van der Waals surface area contributed by atoms with E-state index in [9.17, 15) is 19.5 Å². The van der Waals surface area contributed by atoms with E-state index in [0.717, 1.165) is 22.6 Å². The Labute approximate surface area is 216 Å². The number of hydrogen-bond donors (Lipinski definition) is 1. The lowest BCUT2D eigenvalue weighted by Crippen LogP contribution is -2.29. The summed E-state index contributed by atoms with van der Waals surface area (Å²) in [6.07, 6.45) is 0.677. The molecule has 2 aliphatic heterocycles. The number of nitrogens with zero attached hydrogens (tertiary/aromatic N) is 2. The summed E-state index contributed by atoms with van der Waals surface area (Å²) in [5, 5.41) is 11.6. The largest absolute Gasteiger partial charge is 0.507 e. The molecule has 1 fully saturated rings. The third-order valence-electron chi connectivity index (χ3n) is 6.41. The fraction of sp³-hybridized carbons (Fsp3) is 0.259. The molecule has 1 amide bonds. The number of methoxy groups -OCH3 is 2. The molecule has 2 aromatic carbocycles. The molecule has 9 nitrogen and oxygen atoms in total. The minimum absolute atomic E-state index is 0.00873. The maximum absolute atomic E-state index is 13.4. The Kier molecular flexibility index (Phi) is 6.20. The average molecular weight is 521 g/mol. The van der Waals surface area contributed by atoms with Crippen LogP contribution in [0.2, 0.25) is 0 Å². The minimum Gasteiger partial charge on any atom is -0.507 e. The summed E-state index contributed by atoms with van der Waals surface area (Å²) in [4.78, 5) is 44.8. The highest BCUT2D eigenvalue weighted by Crippen LogP contribution is 2.44. The van der Waals surface area contributed by atoms with Crippen molar-refractivity contribution >= 4 is 39.9 Å². The van der Waals surface area contributed by atoms with E-state index < -0.39 is 23.7 Å². The van der Waals surface area contributed by atoms with Gasteiger partial charge < -0.3 is 19.3 Å². The number of carbonyl (C=O) groups is 3. The van der Waals surface area contributed by atoms with E-state index in [0.29, 0.717) is 29.0 Å². The van der Waals surface area contributed by atoms with Gasteiger partial charge in [0.2, 0.25) is 0 Å². The highest BCUT2D eigenvalue weighted by molar-refractivity contribution is 7.17. The molecule has 10 heteroatoms. The highest BCUT2D eigenvalue weighted by Gasteiger charge is 2.48. The zero-order valence-electron chi connectivity index (χ0n) is 20.6. The van der Waals surface area contributed by atoms with E-state index >= 15 is 0 Å². The normalized spacial score (nSPS) is 20.1. The number of aryl methyl sites for hydroxylation is 1. The lowest BCUT2D eigenvalue weighted by atomic mass is 9.94. The highest BCUT2D eigenvalue weighted by atomic mass is 32.1. The van der Waals surface area contributed by atoms with Crippen LogP contribution < -0.4 is 14.4 Å². The molecule has 3 aromatic rings. The van der Waals surface area contributed by atoms with Crippen LogP contribution in [-0.4, -0.2) is 48.1 Å². The Balaban J connectivity index is 1.68. The lowest BCUT2D eigenvalue weighted by molar-refractivity contribution is -0.132. The molecule has 0 radical (unpaired) electrons. The summed E-state index contributed by atoms with van der Waals surface area (Å²) in [5.74, 6) is -1.28. The van der Waals surface area contributed by atoms with Gasteiger partial charge in [-0.25, -0.2) is 9.78 Å². The Hall–Kier alpha value is -4.18. The molecule has 0 spiro atoms. The van der Waals surface area contributed by atoms with Crippen molar-refractivity contribution in [2.45, 2.75) is 32.4 Å². The van der Waals surface area contributed by atoms with Crippen LogP contribution in [0.4, 0.5) is 5.13 Å². The average Bonchev–Trinajstić information content (AvgIpc) is 3.55. The maximum Gasteiger partial charge on any atom is 0.350 e. The molecule has 1 N–H and O–H groups in total. The number of amides is 1. The summed E-state index contributed by atoms with van der Waals surface area (Å²) in [5.41, 5.74) is 2.17. The van der Waals surface area contributed by atoms with Crippen molar-refractivity contribution in [2.75, 3.05) is 19.1 Å². The molecule has 1 saturated heterocycles. The van der Waals surface area contributed by atoms with Crippen LogP contribution in [0.15, 0.2) is 48.0 Å². The molecule has 0 saturated carbocycles. The number of ether oxygens (including phenoxy) is 3. The number of fused-ring (bicyclic) bond motifs is 1. The van der Waals surface area contributed by atoms with Gasteiger partial charge in [0.25, 0.3) is 5.78 Å². The Morgan fingerprint density at radius 2 is 1.89 bits per heavy atom. The van der Waals surface area contributed by atoms with Gasteiger partial charge in [0, 0.05) is 12.0 Å². The van der Waals surface area contributed by atoms with Gasteiger partial charge >= 0.3 is 11.9 Å². The van der Waals surface area contributed by atoms with E-state index in [1.54, 1.807) is 49.4 Å². The summed E-state index contributed by atoms with van der Waals surface area (Å²) in [6.45, 7) is 3.58. The summed E-state index contributed by atoms with van der Waals surface area (Å²) < 4.78 is 15.8. The van der Waals surface area contributed by atoms with Crippen LogP contribution in [0, 0.1) is 6.92 Å². The van der Waals surface area contributed by atoms with Gasteiger partial charge in [0.15, 0.2) is 5.13 Å². The van der Waals surface area contributed by atoms with Gasteiger partial charge in [-0.15, -0.1) is 0 Å². The number of rotatable bonds is 5. The summed E-state index contributed by atoms with van der Waals surface area (Å²) in [7, 11) is 2.79. The number of esters is 1. The van der Waals surface area contributed by atoms with Crippen LogP contribution in [0.1, 0.15) is 45.0 Å². The zero-order valence-corrected chi connectivity index (χ0v) is 21.4. The maximum atomic E-state index is 13.4. The number of benzene rings is 2. The quantitative estimate of drug-likeness (QED) is 0.230. The number of aliphatic hydroxyl groups excluding tert-OH is 1. The van der Waals surface area contributed by atoms with E-state index in [1.165, 1.54) is 19.1 Å². The molecule has 1 aromatic heterocycles. The van der Waals surface area contributed by atoms with Crippen LogP contribution in [0.3, 0.4) is 0 Å². The molecule has 0 bridgehead atoms. The van der Waals surface area contributed by atoms with Gasteiger partial charge in [-0.3, -0.25) is 14.5 Å². The van der Waals surface area contributed by atoms with E-state index in [4.69, 9.17) is 14.2 Å². The standard InChI is InChI=1S/C27H24N2O7S/c1-13-11-17-12-16(7-10-19(17)36-13)22(30)20-21(15-5-8-18(34-3)9-6-15)29(25(32)23(20)31)27-28-14(2)24(37-27)26(33)35-4/h5-10,12-13,21,30H,11H2,1-4H3/t13-,21+/m0/s1. The first-order chi connectivity index (χ1) is 17.7. The first kappa shape index (κ1) is 24.5. The molecule has 5 rings (SSSR count). The number of hydrogen-bond acceptors (Lipinski definition) is 9. The summed E-state index contributed by atoms with van der Waals surface area (Å²) in [6, 6.07) is 11.0. The smallest absolute Gasteiger partial charge is 0.350 e. The van der Waals surface area contributed by atoms with Crippen molar-refractivity contribution in [1.29, 1.82) is 0 Å². The van der Waals surface area contributed by atoms with Gasteiger partial charge in [0.1, 0.15) is 28.2 Å². The monoisotopic (exact) mass is 520 g/mol. The molecular formula is C27H24N2O7S. The minimum atomic E-state index is -0.981. The van der Waals surface area contributed by atoms with Crippen LogP contribution in [-0.2, 0) is 20.7 Å². The summed E-state index contributed by atoms with van der Waals surface area (Å²) >= 11 is 0.949. The molecule has 3 heterocycles. The lowest BCUT2D eigenvalue weighted by Gasteiger charge is -2.23. The fourth-order valence-electron chi connectivity index (χ4n) is 4.62. The first-order valence-electron chi connectivity index (χ1n) is 11.5. The Morgan fingerprint density at radius 1 is 1.16 bits per heavy atom. The van der Waals surface area contributed by atoms with Gasteiger partial charge in [-0.1, -0.05) is 23.5 Å². The fourth-order valence-corrected chi connectivity index (χ4v) is 5.64. The number of Topliss-reactive ketones (excluding diaryl/α,β-unsaturated/α-hetero) is 1. The van der Waals surface area contributed by atoms with E-state index in [-0.39, 0.29) is 27.4 Å². The second-order valence-corrected chi connectivity index (χ2v) is 9.78. The van der Waals surface area contributed by atoms with E-state index in [2.05, 4.69) is 4.98 Å². The molecule has 2 aliphatic rings. The van der Waals surface area contributed by atoms with Gasteiger partial charge in [-0.2, -0.15) is 0 Å². The predicted molar refractivity (Wildman–Crippen MR) is 136 cm³/mol. The number of aromatic nitrogens is 1. The molecular weight excluding hydrogens is 496 g/mol. The number of aliphatic hydroxyl groups is 1. The van der Waals surface area contributed by atoms with Crippen molar-refractivity contribution in [3.8, 4) is 11.5 Å². The Morgan fingerprint density at radius 3 is 2.57 bits per heavy atom. The SMILES string of the molecule is COC(=O)c1sc(N2C(=O)C(=O)C(=C(O)c3ccc4c(c3)C[C@H](C)O4)[C@H]2c2ccc(OC)cc2)nc1C. The van der Waals surface area contributed by atoms with Crippen LogP contribution >= 0.6 is 11.3 Å². The number of ketones is 1. The Bertz CT molecular complexity index is 1460. The van der Waals surface area contributed by atoms with Crippen molar-refractivity contribution < 1.29 is 33.7 Å². The molecule has 37 heavy (non-hydrogen) atoms. The predicted octanol–water partition coefficient (Wildman–Crippen LogP) is 4.20. The number of anilines is 1. The molecule has 190 valence electrons. The third kappa shape index (κ3) is 4.13. The first-order valence-corrected chi connectivity index (χ1v) is 12.4. The van der Waals surface area contributed by atoms with Crippen LogP contribution in [0.25, 0.3) is 5.76 Å². The van der Waals surface area contributed by atoms with Crippen molar-refractivity contribution in [3.63, 3.8) is 0 Å². The number of carbonyl (C=O) groups excluding carboxylic acids is 3.